The average Bonchev–Trinajstić information content (AvgIpc) is 3.14. The van der Waals surface area contributed by atoms with Crippen molar-refractivity contribution >= 4 is 23.3 Å². The molecule has 1 aromatic carbocycles. The number of halogens is 1. The molecule has 0 aliphatic carbocycles. The van der Waals surface area contributed by atoms with Gasteiger partial charge in [0.2, 0.25) is 0 Å². The average molecular weight is 373 g/mol. The Morgan fingerprint density at radius 2 is 2.12 bits per heavy atom. The number of carbonyl (C=O) groups is 1. The van der Waals surface area contributed by atoms with Crippen molar-refractivity contribution < 1.29 is 4.79 Å². The quantitative estimate of drug-likeness (QED) is 0.790. The highest BCUT2D eigenvalue weighted by molar-refractivity contribution is 6.32. The van der Waals surface area contributed by atoms with Crippen LogP contribution in [0.4, 0.5) is 10.5 Å². The van der Waals surface area contributed by atoms with Crippen LogP contribution in [0.25, 0.3) is 0 Å². The first-order valence-corrected chi connectivity index (χ1v) is 9.45. The van der Waals surface area contributed by atoms with E-state index in [-0.39, 0.29) is 12.1 Å². The maximum Gasteiger partial charge on any atom is 0.322 e. The van der Waals surface area contributed by atoms with Gasteiger partial charge in [-0.25, -0.2) is 9.78 Å². The Morgan fingerprint density at radius 1 is 1.35 bits per heavy atom. The summed E-state index contributed by atoms with van der Waals surface area (Å²) in [6, 6.07) is 14.4. The van der Waals surface area contributed by atoms with Crippen LogP contribution < -0.4 is 5.32 Å². The number of nitrogens with zero attached hydrogens (tertiary/aromatic N) is 3. The van der Waals surface area contributed by atoms with Crippen molar-refractivity contribution in [3.8, 4) is 0 Å². The van der Waals surface area contributed by atoms with Crippen LogP contribution in [0.2, 0.25) is 5.15 Å². The van der Waals surface area contributed by atoms with Crippen molar-refractivity contribution in [3.63, 3.8) is 0 Å². The van der Waals surface area contributed by atoms with E-state index in [2.05, 4.69) is 46.4 Å². The molecule has 2 aromatic rings. The van der Waals surface area contributed by atoms with Gasteiger partial charge in [0.15, 0.2) is 5.15 Å². The summed E-state index contributed by atoms with van der Waals surface area (Å²) in [5, 5.41) is 3.20. The Labute approximate surface area is 160 Å². The number of urea groups is 1. The topological polar surface area (TPSA) is 48.5 Å². The highest BCUT2D eigenvalue weighted by atomic mass is 35.5. The minimum Gasteiger partial charge on any atom is -0.320 e. The van der Waals surface area contributed by atoms with Crippen LogP contribution in [0.3, 0.4) is 0 Å². The SMILES string of the molecule is CCN(C(=O)Nc1cccnc1Cl)C1CCN(C(C)c2ccccc2)C1. The fourth-order valence-corrected chi connectivity index (χ4v) is 3.72. The van der Waals surface area contributed by atoms with Gasteiger partial charge >= 0.3 is 6.03 Å². The van der Waals surface area contributed by atoms with Gasteiger partial charge in [-0.3, -0.25) is 4.90 Å². The molecule has 1 aromatic heterocycles. The van der Waals surface area contributed by atoms with Crippen LogP contribution in [0.1, 0.15) is 31.9 Å². The molecule has 26 heavy (non-hydrogen) atoms. The Hall–Kier alpha value is -2.11. The van der Waals surface area contributed by atoms with Crippen molar-refractivity contribution in [2.45, 2.75) is 32.4 Å². The minimum atomic E-state index is -0.124. The first-order valence-electron chi connectivity index (χ1n) is 9.07. The molecule has 1 fully saturated rings. The fourth-order valence-electron chi connectivity index (χ4n) is 3.55. The second kappa shape index (κ2) is 8.52. The van der Waals surface area contributed by atoms with Crippen molar-refractivity contribution in [2.24, 2.45) is 0 Å². The number of aromatic nitrogens is 1. The monoisotopic (exact) mass is 372 g/mol. The lowest BCUT2D eigenvalue weighted by atomic mass is 10.1. The summed E-state index contributed by atoms with van der Waals surface area (Å²) in [5.74, 6) is 0. The molecule has 0 saturated carbocycles. The summed E-state index contributed by atoms with van der Waals surface area (Å²) in [5.41, 5.74) is 1.85. The third-order valence-corrected chi connectivity index (χ3v) is 5.37. The van der Waals surface area contributed by atoms with E-state index in [1.54, 1.807) is 18.3 Å². The standard InChI is InChI=1S/C20H25ClN4O/c1-3-25(20(26)23-18-10-7-12-22-19(18)21)17-11-13-24(14-17)15(2)16-8-5-4-6-9-16/h4-10,12,15,17H,3,11,13-14H2,1-2H3,(H,23,26). The number of carbonyl (C=O) groups excluding carboxylic acids is 1. The van der Waals surface area contributed by atoms with Crippen LogP contribution in [0.15, 0.2) is 48.7 Å². The van der Waals surface area contributed by atoms with E-state index in [0.717, 1.165) is 19.5 Å². The van der Waals surface area contributed by atoms with E-state index in [4.69, 9.17) is 11.6 Å². The van der Waals surface area contributed by atoms with Crippen molar-refractivity contribution in [3.05, 3.63) is 59.4 Å². The third-order valence-electron chi connectivity index (χ3n) is 5.07. The molecule has 0 radical (unpaired) electrons. The van der Waals surface area contributed by atoms with Crippen LogP contribution in [-0.2, 0) is 0 Å². The zero-order chi connectivity index (χ0) is 18.5. The molecular weight excluding hydrogens is 348 g/mol. The van der Waals surface area contributed by atoms with E-state index < -0.39 is 0 Å². The number of hydrogen-bond acceptors (Lipinski definition) is 3. The minimum absolute atomic E-state index is 0.124. The summed E-state index contributed by atoms with van der Waals surface area (Å²) in [6.07, 6.45) is 2.58. The van der Waals surface area contributed by atoms with E-state index in [0.29, 0.717) is 23.4 Å². The predicted molar refractivity (Wildman–Crippen MR) is 105 cm³/mol. The Kier molecular flexibility index (Phi) is 6.12. The lowest BCUT2D eigenvalue weighted by molar-refractivity contribution is 0.184. The maximum absolute atomic E-state index is 12.7. The number of benzene rings is 1. The second-order valence-corrected chi connectivity index (χ2v) is 6.94. The van der Waals surface area contributed by atoms with Gasteiger partial charge in [0.25, 0.3) is 0 Å². The number of pyridine rings is 1. The summed E-state index contributed by atoms with van der Waals surface area (Å²) < 4.78 is 0. The summed E-state index contributed by atoms with van der Waals surface area (Å²) in [4.78, 5) is 21.1. The first-order chi connectivity index (χ1) is 12.6. The van der Waals surface area contributed by atoms with Gasteiger partial charge in [-0.15, -0.1) is 0 Å². The number of amides is 2. The van der Waals surface area contributed by atoms with Gasteiger partial charge in [0.1, 0.15) is 0 Å². The number of likely N-dealkylation sites (N-methyl/N-ethyl adjacent to an activating group) is 1. The van der Waals surface area contributed by atoms with E-state index in [9.17, 15) is 4.79 Å². The van der Waals surface area contributed by atoms with Crippen molar-refractivity contribution in [1.82, 2.24) is 14.8 Å². The molecule has 2 atom stereocenters. The highest BCUT2D eigenvalue weighted by Crippen LogP contribution is 2.27. The number of anilines is 1. The Morgan fingerprint density at radius 3 is 2.81 bits per heavy atom. The molecule has 2 heterocycles. The number of rotatable bonds is 5. The molecular formula is C20H25ClN4O. The smallest absolute Gasteiger partial charge is 0.320 e. The fraction of sp³-hybridized carbons (Fsp3) is 0.400. The number of likely N-dealkylation sites (tertiary alicyclic amines) is 1. The molecule has 138 valence electrons. The van der Waals surface area contributed by atoms with Crippen LogP contribution >= 0.6 is 11.6 Å². The Bertz CT molecular complexity index is 740. The lowest BCUT2D eigenvalue weighted by Crippen LogP contribution is -2.44. The van der Waals surface area contributed by atoms with Crippen LogP contribution in [0, 0.1) is 0 Å². The molecule has 1 aliphatic heterocycles. The zero-order valence-corrected chi connectivity index (χ0v) is 16.0. The lowest BCUT2D eigenvalue weighted by Gasteiger charge is -2.30. The third kappa shape index (κ3) is 4.17. The molecule has 1 aliphatic rings. The van der Waals surface area contributed by atoms with Crippen molar-refractivity contribution in [2.75, 3.05) is 25.0 Å². The summed E-state index contributed by atoms with van der Waals surface area (Å²) in [7, 11) is 0. The van der Waals surface area contributed by atoms with Gasteiger partial charge < -0.3 is 10.2 Å². The van der Waals surface area contributed by atoms with Crippen molar-refractivity contribution in [1.29, 1.82) is 0 Å². The van der Waals surface area contributed by atoms with E-state index in [1.165, 1.54) is 5.56 Å². The van der Waals surface area contributed by atoms with Gasteiger partial charge in [-0.05, 0) is 38.0 Å². The molecule has 3 rings (SSSR count). The molecule has 5 nitrogen and oxygen atoms in total. The molecule has 0 spiro atoms. The largest absolute Gasteiger partial charge is 0.322 e. The first kappa shape index (κ1) is 18.7. The second-order valence-electron chi connectivity index (χ2n) is 6.58. The van der Waals surface area contributed by atoms with Gasteiger partial charge in [-0.1, -0.05) is 41.9 Å². The van der Waals surface area contributed by atoms with Gasteiger partial charge in [0.05, 0.1) is 5.69 Å². The summed E-state index contributed by atoms with van der Waals surface area (Å²) >= 11 is 6.06. The molecule has 1 N–H and O–H groups in total. The van der Waals surface area contributed by atoms with Crippen LogP contribution in [0.5, 0.6) is 0 Å². The van der Waals surface area contributed by atoms with E-state index >= 15 is 0 Å². The summed E-state index contributed by atoms with van der Waals surface area (Å²) in [6.45, 7) is 6.75. The normalized spacial score (nSPS) is 18.5. The molecule has 1 saturated heterocycles. The molecule has 0 bridgehead atoms. The molecule has 2 amide bonds. The van der Waals surface area contributed by atoms with Gasteiger partial charge in [-0.2, -0.15) is 0 Å². The predicted octanol–water partition coefficient (Wildman–Crippen LogP) is 4.42. The number of nitrogens with one attached hydrogen (secondary N) is 1. The molecule has 6 heteroatoms. The molecule has 2 unspecified atom stereocenters. The maximum atomic E-state index is 12.7. The van der Waals surface area contributed by atoms with E-state index in [1.807, 2.05) is 17.9 Å². The highest BCUT2D eigenvalue weighted by Gasteiger charge is 2.32. The van der Waals surface area contributed by atoms with Gasteiger partial charge in [0, 0.05) is 37.9 Å². The number of hydrogen-bond donors (Lipinski definition) is 1. The Balaban J connectivity index is 1.64. The van der Waals surface area contributed by atoms with Crippen LogP contribution in [-0.4, -0.2) is 46.5 Å². The zero-order valence-electron chi connectivity index (χ0n) is 15.2.